The van der Waals surface area contributed by atoms with Gasteiger partial charge >= 0.3 is 0 Å². The van der Waals surface area contributed by atoms with Crippen molar-refractivity contribution in [2.24, 2.45) is 0 Å². The van der Waals surface area contributed by atoms with E-state index in [1.165, 1.54) is 33.4 Å². The molecular weight excluding hydrogens is 725 g/mol. The van der Waals surface area contributed by atoms with Crippen molar-refractivity contribution in [3.8, 4) is 0 Å². The van der Waals surface area contributed by atoms with Crippen LogP contribution in [0.15, 0.2) is 255 Å². The zero-order chi connectivity index (χ0) is 40.4. The van der Waals surface area contributed by atoms with Crippen LogP contribution in [-0.2, 0) is 0 Å². The van der Waals surface area contributed by atoms with Crippen LogP contribution in [-0.4, -0.2) is 0 Å². The van der Waals surface area contributed by atoms with Crippen molar-refractivity contribution in [1.29, 1.82) is 0 Å². The molecule has 0 saturated carbocycles. The smallest absolute Gasteiger partial charge is 0.0463 e. The Morgan fingerprint density at radius 2 is 0.417 bits per heavy atom. The van der Waals surface area contributed by atoms with E-state index in [2.05, 4.69) is 277 Å². The summed E-state index contributed by atoms with van der Waals surface area (Å²) in [7, 11) is 0. The molecule has 0 aliphatic heterocycles. The van der Waals surface area contributed by atoms with E-state index in [0.717, 1.165) is 45.3 Å². The van der Waals surface area contributed by atoms with Gasteiger partial charge < -0.3 is 9.80 Å². The van der Waals surface area contributed by atoms with Gasteiger partial charge in [-0.05, 0) is 129 Å². The second-order valence-corrected chi connectivity index (χ2v) is 14.6. The topological polar surface area (TPSA) is 6.48 Å². The SMILES string of the molecule is C(=C(c1ccccc1)c1ccccc1)c1ccc(N(c2ccccc2)c2ccc(N(c3ccccc3)c3ccc(C=C(c4ccccc4)c4ccccc4)cc3)cc2)cc1. The van der Waals surface area contributed by atoms with Crippen LogP contribution in [0.4, 0.5) is 34.1 Å². The van der Waals surface area contributed by atoms with Crippen molar-refractivity contribution in [3.63, 3.8) is 0 Å². The lowest BCUT2D eigenvalue weighted by Gasteiger charge is -2.28. The number of para-hydroxylation sites is 2. The lowest BCUT2D eigenvalue weighted by Crippen LogP contribution is -2.12. The second kappa shape index (κ2) is 18.1. The van der Waals surface area contributed by atoms with Gasteiger partial charge in [0.1, 0.15) is 0 Å². The van der Waals surface area contributed by atoms with Gasteiger partial charge in [0, 0.05) is 34.1 Å². The number of hydrogen-bond acceptors (Lipinski definition) is 2. The van der Waals surface area contributed by atoms with Gasteiger partial charge in [-0.3, -0.25) is 0 Å². The molecule has 0 spiro atoms. The van der Waals surface area contributed by atoms with Gasteiger partial charge in [0.05, 0.1) is 0 Å². The van der Waals surface area contributed by atoms with Crippen LogP contribution in [0.1, 0.15) is 33.4 Å². The van der Waals surface area contributed by atoms with E-state index < -0.39 is 0 Å². The average Bonchev–Trinajstić information content (AvgIpc) is 3.33. The van der Waals surface area contributed by atoms with E-state index in [1.54, 1.807) is 0 Å². The molecule has 0 fully saturated rings. The van der Waals surface area contributed by atoms with Crippen LogP contribution in [0.25, 0.3) is 23.3 Å². The number of benzene rings is 9. The molecule has 0 saturated heterocycles. The van der Waals surface area contributed by atoms with E-state index in [4.69, 9.17) is 0 Å². The first-order valence-corrected chi connectivity index (χ1v) is 20.4. The Kier molecular flexibility index (Phi) is 11.4. The summed E-state index contributed by atoms with van der Waals surface area (Å²) in [5, 5.41) is 0. The van der Waals surface area contributed by atoms with E-state index in [-0.39, 0.29) is 0 Å². The standard InChI is InChI=1S/C58H44N2/c1-7-19-47(20-8-1)57(48-21-9-2-10-22-48)43-45-31-35-53(36-32-45)59(51-27-15-5-16-28-51)55-39-41-56(42-40-55)60(52-29-17-6-18-30-52)54-37-33-46(34-38-54)44-58(49-23-11-3-12-24-49)50-25-13-4-14-26-50/h1-44H. The van der Waals surface area contributed by atoms with Gasteiger partial charge in [-0.2, -0.15) is 0 Å². The molecule has 0 heterocycles. The molecule has 286 valence electrons. The first-order chi connectivity index (χ1) is 29.8. The van der Waals surface area contributed by atoms with E-state index >= 15 is 0 Å². The lowest BCUT2D eigenvalue weighted by atomic mass is 9.95. The first kappa shape index (κ1) is 37.6. The highest BCUT2D eigenvalue weighted by molar-refractivity contribution is 5.93. The van der Waals surface area contributed by atoms with Crippen LogP contribution >= 0.6 is 0 Å². The Morgan fingerprint density at radius 3 is 0.667 bits per heavy atom. The zero-order valence-corrected chi connectivity index (χ0v) is 33.3. The van der Waals surface area contributed by atoms with E-state index in [1.807, 2.05) is 0 Å². The third kappa shape index (κ3) is 8.64. The third-order valence-electron chi connectivity index (χ3n) is 10.7. The molecule has 0 aliphatic rings. The molecule has 0 N–H and O–H groups in total. The fourth-order valence-electron chi connectivity index (χ4n) is 7.71. The Labute approximate surface area is 353 Å². The van der Waals surface area contributed by atoms with Crippen LogP contribution in [0, 0.1) is 0 Å². The minimum atomic E-state index is 1.07. The van der Waals surface area contributed by atoms with Crippen molar-refractivity contribution in [2.75, 3.05) is 9.80 Å². The summed E-state index contributed by atoms with van der Waals surface area (Å²) in [6.07, 6.45) is 4.56. The summed E-state index contributed by atoms with van der Waals surface area (Å²) in [5.41, 5.74) is 15.9. The maximum absolute atomic E-state index is 2.32. The second-order valence-electron chi connectivity index (χ2n) is 14.6. The number of rotatable bonds is 12. The fraction of sp³-hybridized carbons (Fsp3) is 0. The van der Waals surface area contributed by atoms with E-state index in [0.29, 0.717) is 0 Å². The molecule has 0 aliphatic carbocycles. The molecule has 0 unspecified atom stereocenters. The van der Waals surface area contributed by atoms with Gasteiger partial charge in [0.25, 0.3) is 0 Å². The fourth-order valence-corrected chi connectivity index (χ4v) is 7.71. The maximum Gasteiger partial charge on any atom is 0.0463 e. The predicted molar refractivity (Wildman–Crippen MR) is 256 cm³/mol. The first-order valence-electron chi connectivity index (χ1n) is 20.4. The van der Waals surface area contributed by atoms with Crippen molar-refractivity contribution < 1.29 is 0 Å². The van der Waals surface area contributed by atoms with Gasteiger partial charge in [0.15, 0.2) is 0 Å². The molecule has 2 heteroatoms. The summed E-state index contributed by atoms with van der Waals surface area (Å²) in [4.78, 5) is 4.63. The van der Waals surface area contributed by atoms with Gasteiger partial charge in [-0.25, -0.2) is 0 Å². The molecule has 9 aromatic rings. The molecule has 0 radical (unpaired) electrons. The van der Waals surface area contributed by atoms with Crippen LogP contribution in [0.3, 0.4) is 0 Å². The normalized spacial score (nSPS) is 10.7. The Hall–Kier alpha value is -7.94. The van der Waals surface area contributed by atoms with Crippen LogP contribution in [0.5, 0.6) is 0 Å². The van der Waals surface area contributed by atoms with Gasteiger partial charge in [0.2, 0.25) is 0 Å². The highest BCUT2D eigenvalue weighted by Gasteiger charge is 2.16. The van der Waals surface area contributed by atoms with E-state index in [9.17, 15) is 0 Å². The summed E-state index contributed by atoms with van der Waals surface area (Å²) in [6.45, 7) is 0. The lowest BCUT2D eigenvalue weighted by molar-refractivity contribution is 1.25. The summed E-state index contributed by atoms with van der Waals surface area (Å²) in [5.74, 6) is 0. The maximum atomic E-state index is 2.32. The van der Waals surface area contributed by atoms with Gasteiger partial charge in [-0.15, -0.1) is 0 Å². The average molecular weight is 769 g/mol. The minimum absolute atomic E-state index is 1.07. The molecule has 60 heavy (non-hydrogen) atoms. The molecular formula is C58H44N2. The summed E-state index contributed by atoms with van der Waals surface area (Å²) < 4.78 is 0. The summed E-state index contributed by atoms with van der Waals surface area (Å²) in [6, 6.07) is 90.2. The Bertz CT molecular complexity index is 2500. The number of anilines is 6. The van der Waals surface area contributed by atoms with Crippen molar-refractivity contribution >= 4 is 57.4 Å². The zero-order valence-electron chi connectivity index (χ0n) is 33.3. The molecule has 9 rings (SSSR count). The largest absolute Gasteiger partial charge is 0.311 e. The van der Waals surface area contributed by atoms with Crippen molar-refractivity contribution in [3.05, 3.63) is 288 Å². The molecule has 0 aromatic heterocycles. The minimum Gasteiger partial charge on any atom is -0.311 e. The number of hydrogen-bond donors (Lipinski definition) is 0. The number of nitrogens with zero attached hydrogens (tertiary/aromatic N) is 2. The molecule has 9 aromatic carbocycles. The molecule has 0 atom stereocenters. The highest BCUT2D eigenvalue weighted by atomic mass is 15.2. The quantitative estimate of drug-likeness (QED) is 0.114. The van der Waals surface area contributed by atoms with Crippen LogP contribution in [0.2, 0.25) is 0 Å². The summed E-state index contributed by atoms with van der Waals surface area (Å²) >= 11 is 0. The third-order valence-corrected chi connectivity index (χ3v) is 10.7. The molecule has 0 bridgehead atoms. The highest BCUT2D eigenvalue weighted by Crippen LogP contribution is 2.40. The Morgan fingerprint density at radius 1 is 0.217 bits per heavy atom. The predicted octanol–water partition coefficient (Wildman–Crippen LogP) is 15.8. The molecule has 2 nitrogen and oxygen atoms in total. The Balaban J connectivity index is 1.04. The van der Waals surface area contributed by atoms with Crippen molar-refractivity contribution in [2.45, 2.75) is 0 Å². The molecule has 0 amide bonds. The van der Waals surface area contributed by atoms with Gasteiger partial charge in [-0.1, -0.05) is 182 Å². The monoisotopic (exact) mass is 768 g/mol. The van der Waals surface area contributed by atoms with Crippen LogP contribution < -0.4 is 9.80 Å². The van der Waals surface area contributed by atoms with Crippen molar-refractivity contribution in [1.82, 2.24) is 0 Å².